The van der Waals surface area contributed by atoms with Gasteiger partial charge in [-0.15, -0.1) is 0 Å². The van der Waals surface area contributed by atoms with E-state index in [0.29, 0.717) is 24.5 Å². The molecule has 1 aliphatic heterocycles. The maximum Gasteiger partial charge on any atom is 0.305 e. The molecule has 0 amide bonds. The molecular weight excluding hydrogens is 432 g/mol. The number of nitrogens with one attached hydrogen (secondary N) is 1. The van der Waals surface area contributed by atoms with Crippen molar-refractivity contribution in [2.45, 2.75) is 45.7 Å². The van der Waals surface area contributed by atoms with Gasteiger partial charge in [-0.25, -0.2) is 0 Å². The zero-order valence-electron chi connectivity index (χ0n) is 19.5. The molecule has 172 valence electrons. The van der Waals surface area contributed by atoms with Crippen molar-refractivity contribution in [1.29, 1.82) is 0 Å². The Morgan fingerprint density at radius 1 is 1.09 bits per heavy atom. The predicted octanol–water partition coefficient (Wildman–Crippen LogP) is 4.72. The van der Waals surface area contributed by atoms with Gasteiger partial charge >= 0.3 is 5.97 Å². The first kappa shape index (κ1) is 23.0. The van der Waals surface area contributed by atoms with Crippen molar-refractivity contribution in [2.75, 3.05) is 13.7 Å². The molecule has 3 aromatic rings. The first-order valence-electron chi connectivity index (χ1n) is 11.2. The van der Waals surface area contributed by atoms with Gasteiger partial charge in [0, 0.05) is 41.8 Å². The average molecular weight is 463 g/mol. The minimum Gasteiger partial charge on any atom is -0.469 e. The number of hydrogen-bond donors (Lipinski definition) is 1. The zero-order valence-corrected chi connectivity index (χ0v) is 20.4. The molecule has 6 nitrogen and oxygen atoms in total. The van der Waals surface area contributed by atoms with Gasteiger partial charge in [-0.05, 0) is 69.2 Å². The third-order valence-corrected chi connectivity index (χ3v) is 6.88. The Morgan fingerprint density at radius 3 is 2.48 bits per heavy atom. The smallest absolute Gasteiger partial charge is 0.305 e. The molecule has 0 aliphatic carbocycles. The Kier molecular flexibility index (Phi) is 6.79. The maximum absolute atomic E-state index is 11.7. The van der Waals surface area contributed by atoms with Crippen LogP contribution in [0.1, 0.15) is 53.1 Å². The molecule has 1 aromatic carbocycles. The highest BCUT2D eigenvalue weighted by molar-refractivity contribution is 7.80. The molecule has 1 saturated heterocycles. The quantitative estimate of drug-likeness (QED) is 0.405. The number of carbonyl (C=O) groups is 1. The van der Waals surface area contributed by atoms with Crippen molar-refractivity contribution in [3.63, 3.8) is 0 Å². The fourth-order valence-corrected chi connectivity index (χ4v) is 5.19. The Hall–Kier alpha value is -3.19. The van der Waals surface area contributed by atoms with Crippen LogP contribution in [0.5, 0.6) is 0 Å². The number of benzene rings is 1. The number of hydrogen-bond acceptors (Lipinski definition) is 4. The van der Waals surface area contributed by atoms with Crippen LogP contribution in [0.25, 0.3) is 5.69 Å². The highest BCUT2D eigenvalue weighted by Crippen LogP contribution is 2.43. The van der Waals surface area contributed by atoms with Crippen molar-refractivity contribution in [3.05, 3.63) is 82.9 Å². The van der Waals surface area contributed by atoms with Crippen LogP contribution in [0.15, 0.2) is 54.7 Å². The molecule has 4 rings (SSSR count). The summed E-state index contributed by atoms with van der Waals surface area (Å²) in [5.74, 6) is -0.204. The van der Waals surface area contributed by atoms with E-state index in [1.165, 1.54) is 29.6 Å². The molecule has 33 heavy (non-hydrogen) atoms. The monoisotopic (exact) mass is 462 g/mol. The van der Waals surface area contributed by atoms with Gasteiger partial charge in [-0.1, -0.05) is 24.3 Å². The topological polar surface area (TPSA) is 59.4 Å². The molecule has 1 N–H and O–H groups in total. The molecule has 2 unspecified atom stereocenters. The van der Waals surface area contributed by atoms with Gasteiger partial charge in [0.2, 0.25) is 0 Å². The van der Waals surface area contributed by atoms with Crippen molar-refractivity contribution in [1.82, 2.24) is 19.8 Å². The van der Waals surface area contributed by atoms with Gasteiger partial charge in [0.05, 0.1) is 24.9 Å². The second-order valence-corrected chi connectivity index (χ2v) is 8.77. The van der Waals surface area contributed by atoms with E-state index in [9.17, 15) is 4.79 Å². The lowest BCUT2D eigenvalue weighted by Crippen LogP contribution is -2.31. The van der Waals surface area contributed by atoms with Gasteiger partial charge in [0.15, 0.2) is 5.11 Å². The Labute approximate surface area is 200 Å². The normalized spacial score (nSPS) is 17.8. The molecular formula is C26H30N4O2S. The van der Waals surface area contributed by atoms with Gasteiger partial charge in [-0.2, -0.15) is 0 Å². The Morgan fingerprint density at radius 2 is 1.82 bits per heavy atom. The lowest BCUT2D eigenvalue weighted by molar-refractivity contribution is -0.140. The van der Waals surface area contributed by atoms with E-state index in [4.69, 9.17) is 17.0 Å². The van der Waals surface area contributed by atoms with Gasteiger partial charge < -0.3 is 19.5 Å². The third-order valence-electron chi connectivity index (χ3n) is 6.52. The van der Waals surface area contributed by atoms with Crippen LogP contribution in [0.2, 0.25) is 0 Å². The number of aromatic nitrogens is 2. The number of esters is 1. The third kappa shape index (κ3) is 4.37. The number of rotatable bonds is 7. The van der Waals surface area contributed by atoms with Gasteiger partial charge in [-0.3, -0.25) is 9.78 Å². The summed E-state index contributed by atoms with van der Waals surface area (Å²) in [7, 11) is 1.42. The van der Waals surface area contributed by atoms with Crippen molar-refractivity contribution in [3.8, 4) is 5.69 Å². The van der Waals surface area contributed by atoms with E-state index in [2.05, 4.69) is 64.8 Å². The summed E-state index contributed by atoms with van der Waals surface area (Å²) in [5.41, 5.74) is 6.97. The van der Waals surface area contributed by atoms with E-state index in [0.717, 1.165) is 11.4 Å². The van der Waals surface area contributed by atoms with Crippen LogP contribution in [0.4, 0.5) is 0 Å². The standard InChI is InChI=1S/C26H30N4O2S/c1-17-18(2)30(20-11-6-5-7-12-20)19(3)23(17)25-24(21-13-8-9-15-27-21)28-26(33)29(25)16-10-14-22(31)32-4/h5-9,11-13,15,24-25H,10,14,16H2,1-4H3,(H,28,33). The number of pyridine rings is 1. The lowest BCUT2D eigenvalue weighted by Gasteiger charge is -2.29. The van der Waals surface area contributed by atoms with Crippen LogP contribution < -0.4 is 5.32 Å². The van der Waals surface area contributed by atoms with Crippen LogP contribution in [-0.4, -0.2) is 39.2 Å². The highest BCUT2D eigenvalue weighted by Gasteiger charge is 2.42. The Balaban J connectivity index is 1.79. The summed E-state index contributed by atoms with van der Waals surface area (Å²) in [6.07, 6.45) is 2.84. The lowest BCUT2D eigenvalue weighted by atomic mass is 9.93. The van der Waals surface area contributed by atoms with Crippen molar-refractivity contribution >= 4 is 23.3 Å². The molecule has 3 heterocycles. The largest absolute Gasteiger partial charge is 0.469 e. The SMILES string of the molecule is COC(=O)CCCN1C(=S)NC(c2ccccn2)C1c1c(C)c(C)n(-c2ccccc2)c1C. The molecule has 2 aromatic heterocycles. The second-order valence-electron chi connectivity index (χ2n) is 8.38. The summed E-state index contributed by atoms with van der Waals surface area (Å²) in [6, 6.07) is 16.3. The summed E-state index contributed by atoms with van der Waals surface area (Å²) >= 11 is 5.79. The first-order chi connectivity index (χ1) is 15.9. The van der Waals surface area contributed by atoms with E-state index in [-0.39, 0.29) is 18.1 Å². The van der Waals surface area contributed by atoms with Crippen LogP contribution in [-0.2, 0) is 9.53 Å². The van der Waals surface area contributed by atoms with Crippen LogP contribution in [0, 0.1) is 20.8 Å². The average Bonchev–Trinajstić information content (AvgIpc) is 3.27. The van der Waals surface area contributed by atoms with Gasteiger partial charge in [0.1, 0.15) is 0 Å². The number of carbonyl (C=O) groups excluding carboxylic acids is 1. The fraction of sp³-hybridized carbons (Fsp3) is 0.346. The molecule has 0 saturated carbocycles. The number of nitrogens with zero attached hydrogens (tertiary/aromatic N) is 3. The molecule has 0 spiro atoms. The van der Waals surface area contributed by atoms with Crippen LogP contribution >= 0.6 is 12.2 Å². The predicted molar refractivity (Wildman–Crippen MR) is 133 cm³/mol. The van der Waals surface area contributed by atoms with E-state index < -0.39 is 0 Å². The highest BCUT2D eigenvalue weighted by atomic mass is 32.1. The summed E-state index contributed by atoms with van der Waals surface area (Å²) < 4.78 is 7.14. The van der Waals surface area contributed by atoms with E-state index in [1.54, 1.807) is 0 Å². The van der Waals surface area contributed by atoms with E-state index >= 15 is 0 Å². The summed E-state index contributed by atoms with van der Waals surface area (Å²) in [4.78, 5) is 18.6. The minimum absolute atomic E-state index is 0.0336. The van der Waals surface area contributed by atoms with Crippen LogP contribution in [0.3, 0.4) is 0 Å². The summed E-state index contributed by atoms with van der Waals surface area (Å²) in [5, 5.41) is 4.20. The number of methoxy groups -OCH3 is 1. The molecule has 0 bridgehead atoms. The number of para-hydroxylation sites is 1. The minimum atomic E-state index is -0.204. The molecule has 0 radical (unpaired) electrons. The fourth-order valence-electron chi connectivity index (χ4n) is 4.86. The zero-order chi connectivity index (χ0) is 23.5. The molecule has 2 atom stereocenters. The number of ether oxygens (including phenoxy) is 1. The molecule has 1 aliphatic rings. The second kappa shape index (κ2) is 9.75. The maximum atomic E-state index is 11.7. The van der Waals surface area contributed by atoms with Crippen molar-refractivity contribution in [2.24, 2.45) is 0 Å². The number of thiocarbonyl (C=S) groups is 1. The van der Waals surface area contributed by atoms with E-state index in [1.807, 2.05) is 30.5 Å². The first-order valence-corrected chi connectivity index (χ1v) is 11.6. The van der Waals surface area contributed by atoms with Gasteiger partial charge in [0.25, 0.3) is 0 Å². The van der Waals surface area contributed by atoms with Crippen molar-refractivity contribution < 1.29 is 9.53 Å². The molecule has 1 fully saturated rings. The Bertz CT molecular complexity index is 1140. The molecule has 7 heteroatoms. The summed E-state index contributed by atoms with van der Waals surface area (Å²) in [6.45, 7) is 7.17.